The molecule has 26 aliphatic rings. The molecule has 0 aromatic carbocycles. The van der Waals surface area contributed by atoms with Gasteiger partial charge in [0.1, 0.15) is 17.3 Å². The molecule has 0 radical (unpaired) electrons. The summed E-state index contributed by atoms with van der Waals surface area (Å²) in [4.78, 5) is 37.7. The third-order valence-corrected chi connectivity index (χ3v) is 53.1. The molecular formula is C130H212O15. The molecule has 0 aromatic rings. The number of hydrogen-bond donors (Lipinski definition) is 6. The van der Waals surface area contributed by atoms with Crippen molar-refractivity contribution in [1.82, 2.24) is 0 Å². The minimum Gasteiger partial charge on any atom is -0.393 e. The van der Waals surface area contributed by atoms with Crippen molar-refractivity contribution in [1.29, 1.82) is 0 Å². The second kappa shape index (κ2) is 41.9. The molecule has 0 aromatic heterocycles. The quantitative estimate of drug-likeness (QED) is 0.0554. The molecule has 1 aliphatic heterocycles. The smallest absolute Gasteiger partial charge is 0.139 e. The maximum absolute atomic E-state index is 12.7. The molecule has 822 valence electrons. The van der Waals surface area contributed by atoms with Gasteiger partial charge >= 0.3 is 0 Å². The average molecular weight is 2020 g/mol. The largest absolute Gasteiger partial charge is 0.393 e. The summed E-state index contributed by atoms with van der Waals surface area (Å²) >= 11 is 0. The van der Waals surface area contributed by atoms with Gasteiger partial charge in [-0.3, -0.25) is 14.4 Å². The van der Waals surface area contributed by atoms with Crippen LogP contribution >= 0.6 is 0 Å². The molecule has 15 nitrogen and oxygen atoms in total. The number of aliphatic hydroxyl groups is 6. The third kappa shape index (κ3) is 19.1. The number of ketones is 3. The summed E-state index contributed by atoms with van der Waals surface area (Å²) in [5, 5.41) is 66.7. The normalized spacial score (nSPS) is 51.3. The lowest BCUT2D eigenvalue weighted by Gasteiger charge is -2.63. The van der Waals surface area contributed by atoms with Crippen LogP contribution in [0, 0.1) is 214 Å². The Morgan fingerprint density at radius 2 is 0.586 bits per heavy atom. The summed E-state index contributed by atoms with van der Waals surface area (Å²) in [5.74, 6) is 22.7. The van der Waals surface area contributed by atoms with Crippen molar-refractivity contribution >= 4 is 17.3 Å². The first-order chi connectivity index (χ1) is 69.5. The molecule has 1 unspecified atom stereocenters. The number of hydrogen-bond acceptors (Lipinski definition) is 15. The van der Waals surface area contributed by atoms with Crippen LogP contribution in [0.2, 0.25) is 0 Å². The fraction of sp³-hybridized carbons (Fsp3) is 0.962. The molecule has 1 saturated heterocycles. The monoisotopic (exact) mass is 2010 g/mol. The summed E-state index contributed by atoms with van der Waals surface area (Å²) in [6, 6.07) is 0. The second-order valence-electron chi connectivity index (χ2n) is 58.7. The molecule has 0 spiro atoms. The number of fused-ring (bicyclic) bond motifs is 25. The molecular weight excluding hydrogens is 1800 g/mol. The van der Waals surface area contributed by atoms with Crippen molar-refractivity contribution < 1.29 is 73.4 Å². The molecule has 15 heteroatoms. The van der Waals surface area contributed by atoms with E-state index in [1.165, 1.54) is 257 Å². The van der Waals surface area contributed by atoms with Crippen LogP contribution in [0.1, 0.15) is 456 Å². The van der Waals surface area contributed by atoms with Crippen LogP contribution in [0.15, 0.2) is 11.6 Å². The van der Waals surface area contributed by atoms with Crippen molar-refractivity contribution in [2.75, 3.05) is 79.3 Å². The van der Waals surface area contributed by atoms with E-state index in [0.29, 0.717) is 162 Å². The zero-order valence-corrected chi connectivity index (χ0v) is 94.4. The van der Waals surface area contributed by atoms with E-state index in [4.69, 9.17) is 28.4 Å². The Morgan fingerprint density at radius 3 is 0.869 bits per heavy atom. The lowest BCUT2D eigenvalue weighted by molar-refractivity contribution is -0.181. The molecule has 26 fully saturated rings. The topological polar surface area (TPSA) is 228 Å². The Balaban J connectivity index is 0.000000105. The highest BCUT2D eigenvalue weighted by Gasteiger charge is 2.74. The minimum absolute atomic E-state index is 0.0108. The summed E-state index contributed by atoms with van der Waals surface area (Å²) < 4.78 is 33.4. The molecule has 0 amide bonds. The van der Waals surface area contributed by atoms with Crippen LogP contribution in [-0.2, 0) is 42.8 Å². The summed E-state index contributed by atoms with van der Waals surface area (Å²) in [7, 11) is 0. The first-order valence-electron chi connectivity index (χ1n) is 63.5. The third-order valence-electron chi connectivity index (χ3n) is 53.1. The lowest BCUT2D eigenvalue weighted by atomic mass is 9.42. The number of rotatable bonds is 22. The fourth-order valence-corrected chi connectivity index (χ4v) is 46.4. The number of Topliss-reactive ketones (excluding diaryl/α,β-unsaturated/α-hetero) is 3. The summed E-state index contributed by atoms with van der Waals surface area (Å²) in [5.41, 5.74) is 2.41. The molecule has 145 heavy (non-hydrogen) atoms. The Kier molecular flexibility index (Phi) is 31.4. The zero-order valence-electron chi connectivity index (χ0n) is 94.4. The van der Waals surface area contributed by atoms with E-state index in [9.17, 15) is 45.0 Å². The van der Waals surface area contributed by atoms with Gasteiger partial charge in [0.2, 0.25) is 0 Å². The Hall–Kier alpha value is -1.73. The first kappa shape index (κ1) is 109. The van der Waals surface area contributed by atoms with Crippen molar-refractivity contribution in [3.05, 3.63) is 11.6 Å². The highest BCUT2D eigenvalue weighted by atomic mass is 16.5. The number of aliphatic hydroxyl groups excluding tert-OH is 1. The second-order valence-corrected chi connectivity index (χ2v) is 58.7. The van der Waals surface area contributed by atoms with Gasteiger partial charge < -0.3 is 59.1 Å². The zero-order chi connectivity index (χ0) is 102. The minimum atomic E-state index is -0.599. The number of allylic oxidation sites excluding steroid dienone is 2. The van der Waals surface area contributed by atoms with Crippen molar-refractivity contribution in [2.24, 2.45) is 214 Å². The van der Waals surface area contributed by atoms with Gasteiger partial charge in [-0.1, -0.05) is 46.3 Å². The Morgan fingerprint density at radius 1 is 0.317 bits per heavy atom. The number of carbonyl (C=O) groups is 3. The Labute approximate surface area is 880 Å². The molecule has 0 bridgehead atoms. The first-order valence-corrected chi connectivity index (χ1v) is 63.5. The van der Waals surface area contributed by atoms with Crippen LogP contribution in [0.4, 0.5) is 0 Å². The lowest BCUT2D eigenvalue weighted by Crippen LogP contribution is -2.59. The van der Waals surface area contributed by atoms with Gasteiger partial charge in [0.05, 0.1) is 67.1 Å². The van der Waals surface area contributed by atoms with Gasteiger partial charge in [-0.25, -0.2) is 0 Å². The van der Waals surface area contributed by atoms with Crippen LogP contribution in [-0.4, -0.2) is 161 Å². The predicted octanol–water partition coefficient (Wildman–Crippen LogP) is 27.0. The van der Waals surface area contributed by atoms with E-state index in [1.807, 2.05) is 48.5 Å². The van der Waals surface area contributed by atoms with Crippen molar-refractivity contribution in [3.8, 4) is 0 Å². The molecule has 1 heterocycles. The van der Waals surface area contributed by atoms with E-state index in [2.05, 4.69) is 47.6 Å². The maximum atomic E-state index is 12.7. The van der Waals surface area contributed by atoms with Crippen LogP contribution < -0.4 is 0 Å². The molecule has 38 atom stereocenters. The van der Waals surface area contributed by atoms with E-state index in [0.717, 1.165) is 241 Å². The highest BCUT2D eigenvalue weighted by Crippen LogP contribution is 2.80. The van der Waals surface area contributed by atoms with E-state index in [1.54, 1.807) is 5.57 Å². The van der Waals surface area contributed by atoms with Crippen LogP contribution in [0.5, 0.6) is 0 Å². The van der Waals surface area contributed by atoms with E-state index >= 15 is 0 Å². The van der Waals surface area contributed by atoms with Gasteiger partial charge in [0, 0.05) is 75.8 Å². The summed E-state index contributed by atoms with van der Waals surface area (Å²) in [6.45, 7) is 36.6. The Bertz CT molecular complexity index is 4370. The van der Waals surface area contributed by atoms with Crippen molar-refractivity contribution in [2.45, 2.75) is 490 Å². The van der Waals surface area contributed by atoms with Gasteiger partial charge in [0.25, 0.3) is 0 Å². The van der Waals surface area contributed by atoms with Crippen LogP contribution in [0.25, 0.3) is 0 Å². The fourth-order valence-electron chi connectivity index (χ4n) is 46.4. The van der Waals surface area contributed by atoms with Gasteiger partial charge in [0.15, 0.2) is 0 Å². The molecule has 25 aliphatic carbocycles. The van der Waals surface area contributed by atoms with E-state index < -0.39 is 28.0 Å². The molecule has 26 rings (SSSR count). The van der Waals surface area contributed by atoms with Crippen molar-refractivity contribution in [3.63, 3.8) is 0 Å². The SMILES string of the molecule is C/C=C1/CC[C@H]2[C@@H]3CC[C@@H]4C[C@@](O)(COCC)CC[C@]4(C4CC4)[C@H]3CC[C@]12C.C1CCOC1.CCOC[C@@]1(O)CC[C@@]2(C3CC3)[C@H](CC[C@@H]3[C@@H]2CC[C@]2(C)C(=O)CC[C@@H]32)C1.CCOC[C@@]1(O)CC[C@@]2(C3CC3)[C@H](CC[C@H]3[C@@H]4CC[C@H](C(C)=O)[C@@]4(C)CC[C@@H]32)C1.CCOC[C@@]1(O)CC[C@@]2(C3CC3)[C@H](CC[C@H]3[C@@H]4CC[C@H](C(C)O)[C@@]4(C)CC[C@@H]32)C1.CCOC[C@]1(O)CC[C@@]2(C3CC3)[C@H](CC[C@@H]3[C@@H]2CC[C@]2(C)C(=O)CC[C@@H]32)C1. The number of ether oxygens (including phenoxy) is 6. The predicted molar refractivity (Wildman–Crippen MR) is 574 cm³/mol. The van der Waals surface area contributed by atoms with Gasteiger partial charge in [-0.15, -0.1) is 0 Å². The number of carbonyl (C=O) groups excluding carboxylic acids is 3. The highest BCUT2D eigenvalue weighted by molar-refractivity contribution is 5.88. The van der Waals surface area contributed by atoms with E-state index in [-0.39, 0.29) is 22.3 Å². The molecule has 25 saturated carbocycles. The van der Waals surface area contributed by atoms with Crippen LogP contribution in [0.3, 0.4) is 0 Å². The molecule has 6 N–H and O–H groups in total. The summed E-state index contributed by atoms with van der Waals surface area (Å²) in [6.07, 6.45) is 72.7. The standard InChI is InChI=1S/C26H44O3.C26H42O3.C26H42O2.2C24H38O3.C4H8O/c2*1-4-29-16-25(28)13-14-26(18-5-6-18)19(15-25)7-8-20-22-10-9-21(17(2)27)24(22,3)12-11-23(20)26;1-4-18-9-11-22-21-10-8-20-16-25(27,17-28-5-2)14-15-26(20,19-6-7-19)23(21)12-13-24(18,22)3;2*1-3-27-15-23(26)12-13-24(16-4-5-16)17(14-23)6-7-18-19-8-9-21(25)22(19,2)11-10-20(18)24;1-2-4-5-3-1/h17-23,27-28H,4-16H2,1-3H3;18-23,28H,4-16H2,1-3H3;4,19-23,27H,5-17H2,1-3H3;2*16-20,26H,3-15H2,1-2H3;1-4H2/b;;18-4-;;;/t17?,19-,20+,21-,22+,23+,24-,25-,26-;19-,20+,21-,22+,23+,24-,25-,26-;20-,21+,22+,23+,24-,25-,26-;17-,18+,19+,20+,22+,23+,24-;17-,18+,19+,20+,22+,23-,24-;/m11111./s1. The van der Waals surface area contributed by atoms with Gasteiger partial charge in [-0.05, 0) is 606 Å². The average Bonchev–Trinajstić information content (AvgIpc) is 1.59. The van der Waals surface area contributed by atoms with Gasteiger partial charge in [-0.2, -0.15) is 0 Å². The maximum Gasteiger partial charge on any atom is 0.139 e.